The minimum absolute atomic E-state index is 0.111. The number of rotatable bonds is 3. The summed E-state index contributed by atoms with van der Waals surface area (Å²) in [6.07, 6.45) is 0.369. The standard InChI is InChI=1S/C16H12BrCl2N3O2/c1-16(8-9-2-4-10(17)5-3-9)14(23)22(15(24)21-16)11-6-12(18)20-13(19)7-11/h2-7H,8H2,1H3,(H,21,24). The van der Waals surface area contributed by atoms with Gasteiger partial charge in [-0.2, -0.15) is 0 Å². The van der Waals surface area contributed by atoms with Gasteiger partial charge in [0.05, 0.1) is 5.69 Å². The Morgan fingerprint density at radius 3 is 2.33 bits per heavy atom. The average Bonchev–Trinajstić information content (AvgIpc) is 2.70. The lowest BCUT2D eigenvalue weighted by molar-refractivity contribution is -0.121. The number of aromatic nitrogens is 1. The van der Waals surface area contributed by atoms with E-state index in [0.29, 0.717) is 12.1 Å². The van der Waals surface area contributed by atoms with E-state index in [1.807, 2.05) is 24.3 Å². The van der Waals surface area contributed by atoms with Crippen molar-refractivity contribution in [3.8, 4) is 0 Å². The van der Waals surface area contributed by atoms with Crippen molar-refractivity contribution in [2.45, 2.75) is 18.9 Å². The van der Waals surface area contributed by atoms with Crippen molar-refractivity contribution in [3.05, 3.63) is 56.7 Å². The second kappa shape index (κ2) is 6.35. The van der Waals surface area contributed by atoms with Gasteiger partial charge in [0.25, 0.3) is 5.91 Å². The Labute approximate surface area is 157 Å². The van der Waals surface area contributed by atoms with Crippen molar-refractivity contribution in [1.82, 2.24) is 10.3 Å². The first-order valence-corrected chi connectivity index (χ1v) is 8.58. The fourth-order valence-corrected chi connectivity index (χ4v) is 3.34. The number of urea groups is 1. The van der Waals surface area contributed by atoms with Gasteiger partial charge in [-0.15, -0.1) is 0 Å². The van der Waals surface area contributed by atoms with Gasteiger partial charge in [-0.05, 0) is 36.8 Å². The number of amides is 3. The van der Waals surface area contributed by atoms with Gasteiger partial charge >= 0.3 is 6.03 Å². The van der Waals surface area contributed by atoms with Crippen molar-refractivity contribution >= 4 is 56.8 Å². The number of benzene rings is 1. The molecule has 0 spiro atoms. The van der Waals surface area contributed by atoms with Crippen LogP contribution in [0.2, 0.25) is 10.3 Å². The van der Waals surface area contributed by atoms with Crippen molar-refractivity contribution < 1.29 is 9.59 Å². The van der Waals surface area contributed by atoms with E-state index in [0.717, 1.165) is 14.9 Å². The molecule has 0 radical (unpaired) electrons. The molecule has 1 aliphatic rings. The number of halogens is 3. The molecule has 0 bridgehead atoms. The summed E-state index contributed by atoms with van der Waals surface area (Å²) in [4.78, 5) is 30.1. The fourth-order valence-electron chi connectivity index (χ4n) is 2.63. The largest absolute Gasteiger partial charge is 0.329 e. The number of nitrogens with one attached hydrogen (secondary N) is 1. The summed E-state index contributed by atoms with van der Waals surface area (Å²) in [5.74, 6) is -0.367. The van der Waals surface area contributed by atoms with Crippen LogP contribution in [-0.2, 0) is 11.2 Å². The van der Waals surface area contributed by atoms with Gasteiger partial charge in [-0.1, -0.05) is 51.3 Å². The van der Waals surface area contributed by atoms with Crippen LogP contribution in [0.4, 0.5) is 10.5 Å². The van der Waals surface area contributed by atoms with Crippen LogP contribution in [0.3, 0.4) is 0 Å². The summed E-state index contributed by atoms with van der Waals surface area (Å²) in [5, 5.41) is 2.97. The lowest BCUT2D eigenvalue weighted by atomic mass is 9.93. The lowest BCUT2D eigenvalue weighted by Gasteiger charge is -2.22. The van der Waals surface area contributed by atoms with E-state index in [-0.39, 0.29) is 16.2 Å². The molecule has 0 aliphatic carbocycles. The molecule has 24 heavy (non-hydrogen) atoms. The van der Waals surface area contributed by atoms with Crippen molar-refractivity contribution in [1.29, 1.82) is 0 Å². The monoisotopic (exact) mass is 427 g/mol. The molecule has 0 saturated carbocycles. The van der Waals surface area contributed by atoms with Gasteiger partial charge < -0.3 is 5.32 Å². The zero-order chi connectivity index (χ0) is 17.5. The van der Waals surface area contributed by atoms with Crippen molar-refractivity contribution in [2.24, 2.45) is 0 Å². The van der Waals surface area contributed by atoms with E-state index in [1.54, 1.807) is 6.92 Å². The molecule has 1 aromatic heterocycles. The third-order valence-electron chi connectivity index (χ3n) is 3.74. The zero-order valence-electron chi connectivity index (χ0n) is 12.5. The van der Waals surface area contributed by atoms with E-state index in [1.165, 1.54) is 12.1 Å². The summed E-state index contributed by atoms with van der Waals surface area (Å²) >= 11 is 15.1. The number of hydrogen-bond donors (Lipinski definition) is 1. The summed E-state index contributed by atoms with van der Waals surface area (Å²) in [6.45, 7) is 1.69. The molecule has 1 N–H and O–H groups in total. The van der Waals surface area contributed by atoms with Crippen LogP contribution >= 0.6 is 39.1 Å². The van der Waals surface area contributed by atoms with Crippen LogP contribution in [-0.4, -0.2) is 22.5 Å². The summed E-state index contributed by atoms with van der Waals surface area (Å²) in [6, 6.07) is 9.92. The lowest BCUT2D eigenvalue weighted by Crippen LogP contribution is -2.46. The highest BCUT2D eigenvalue weighted by molar-refractivity contribution is 9.10. The van der Waals surface area contributed by atoms with Crippen LogP contribution in [0, 0.1) is 0 Å². The molecule has 2 heterocycles. The second-order valence-electron chi connectivity index (χ2n) is 5.68. The van der Waals surface area contributed by atoms with Crippen molar-refractivity contribution in [3.63, 3.8) is 0 Å². The topological polar surface area (TPSA) is 62.3 Å². The number of carbonyl (C=O) groups excluding carboxylic acids is 2. The smallest absolute Gasteiger partial charge is 0.323 e. The normalized spacial score (nSPS) is 20.4. The first-order chi connectivity index (χ1) is 11.3. The van der Waals surface area contributed by atoms with Crippen LogP contribution in [0.1, 0.15) is 12.5 Å². The van der Waals surface area contributed by atoms with E-state index in [9.17, 15) is 9.59 Å². The molecule has 2 aromatic rings. The van der Waals surface area contributed by atoms with Crippen molar-refractivity contribution in [2.75, 3.05) is 4.90 Å². The molecule has 1 aliphatic heterocycles. The van der Waals surface area contributed by atoms with Gasteiger partial charge in [-0.25, -0.2) is 14.7 Å². The zero-order valence-corrected chi connectivity index (χ0v) is 15.6. The second-order valence-corrected chi connectivity index (χ2v) is 7.37. The first kappa shape index (κ1) is 17.2. The summed E-state index contributed by atoms with van der Waals surface area (Å²) in [5.41, 5.74) is 0.177. The quantitative estimate of drug-likeness (QED) is 0.588. The average molecular weight is 429 g/mol. The molecule has 124 valence electrons. The number of pyridine rings is 1. The molecule has 8 heteroatoms. The third-order valence-corrected chi connectivity index (χ3v) is 4.65. The molecule has 3 amide bonds. The minimum Gasteiger partial charge on any atom is -0.323 e. The highest BCUT2D eigenvalue weighted by Crippen LogP contribution is 2.30. The number of hydrogen-bond acceptors (Lipinski definition) is 3. The molecular formula is C16H12BrCl2N3O2. The molecule has 1 atom stereocenters. The molecule has 1 saturated heterocycles. The Bertz CT molecular complexity index is 808. The Morgan fingerprint density at radius 2 is 1.75 bits per heavy atom. The SMILES string of the molecule is CC1(Cc2ccc(Br)cc2)NC(=O)N(c2cc(Cl)nc(Cl)c2)C1=O. The van der Waals surface area contributed by atoms with Crippen LogP contribution in [0.5, 0.6) is 0 Å². The highest BCUT2D eigenvalue weighted by atomic mass is 79.9. The highest BCUT2D eigenvalue weighted by Gasteiger charge is 2.48. The van der Waals surface area contributed by atoms with E-state index >= 15 is 0 Å². The minimum atomic E-state index is -1.05. The number of carbonyl (C=O) groups is 2. The maximum absolute atomic E-state index is 12.9. The fraction of sp³-hybridized carbons (Fsp3) is 0.188. The van der Waals surface area contributed by atoms with Crippen LogP contribution in [0.25, 0.3) is 0 Å². The van der Waals surface area contributed by atoms with Crippen LogP contribution < -0.4 is 10.2 Å². The Morgan fingerprint density at radius 1 is 1.17 bits per heavy atom. The Balaban J connectivity index is 1.91. The van der Waals surface area contributed by atoms with Gasteiger partial charge in [-0.3, -0.25) is 4.79 Å². The first-order valence-electron chi connectivity index (χ1n) is 7.03. The Hall–Kier alpha value is -1.63. The van der Waals surface area contributed by atoms with Gasteiger partial charge in [0.2, 0.25) is 0 Å². The summed E-state index contributed by atoms with van der Waals surface area (Å²) in [7, 11) is 0. The molecule has 3 rings (SSSR count). The van der Waals surface area contributed by atoms with Crippen LogP contribution in [0.15, 0.2) is 40.9 Å². The predicted molar refractivity (Wildman–Crippen MR) is 96.5 cm³/mol. The number of imide groups is 1. The van der Waals surface area contributed by atoms with Gasteiger partial charge in [0, 0.05) is 10.9 Å². The maximum atomic E-state index is 12.9. The van der Waals surface area contributed by atoms with E-state index in [2.05, 4.69) is 26.2 Å². The Kier molecular flexibility index (Phi) is 4.55. The summed E-state index contributed by atoms with van der Waals surface area (Å²) < 4.78 is 0.945. The number of anilines is 1. The van der Waals surface area contributed by atoms with E-state index < -0.39 is 11.6 Å². The van der Waals surface area contributed by atoms with Gasteiger partial charge in [0.1, 0.15) is 15.8 Å². The molecule has 1 fully saturated rings. The molecule has 1 aromatic carbocycles. The number of nitrogens with zero attached hydrogens (tertiary/aromatic N) is 2. The molecule has 5 nitrogen and oxygen atoms in total. The van der Waals surface area contributed by atoms with Gasteiger partial charge in [0.15, 0.2) is 0 Å². The van der Waals surface area contributed by atoms with E-state index in [4.69, 9.17) is 23.2 Å². The molecule has 1 unspecified atom stereocenters. The molecular weight excluding hydrogens is 417 g/mol. The predicted octanol–water partition coefficient (Wildman–Crippen LogP) is 4.21. The third kappa shape index (κ3) is 3.27. The maximum Gasteiger partial charge on any atom is 0.329 e.